The van der Waals surface area contributed by atoms with E-state index in [0.29, 0.717) is 22.6 Å². The molecule has 0 spiro atoms. The molecule has 0 amide bonds. The predicted octanol–water partition coefficient (Wildman–Crippen LogP) is 1.97. The molecule has 13 heavy (non-hydrogen) atoms. The summed E-state index contributed by atoms with van der Waals surface area (Å²) in [6, 6.07) is 0.343. The average molecular weight is 248 g/mol. The van der Waals surface area contributed by atoms with Crippen LogP contribution in [0, 0.1) is 11.8 Å². The molecular weight excluding hydrogens is 230 g/mol. The lowest BCUT2D eigenvalue weighted by atomic mass is 9.76. The number of hydrogen-bond acceptors (Lipinski definition) is 2. The van der Waals surface area contributed by atoms with E-state index in [0.717, 1.165) is 12.8 Å². The van der Waals surface area contributed by atoms with Crippen molar-refractivity contribution in [1.29, 1.82) is 0 Å². The number of ketones is 1. The first-order valence-electron chi connectivity index (χ1n) is 4.89. The van der Waals surface area contributed by atoms with Gasteiger partial charge in [0.05, 0.1) is 0 Å². The molecule has 1 fully saturated rings. The Kier molecular flexibility index (Phi) is 3.92. The van der Waals surface area contributed by atoms with Gasteiger partial charge in [0, 0.05) is 16.8 Å². The smallest absolute Gasteiger partial charge is 0.134 e. The first-order chi connectivity index (χ1) is 6.07. The van der Waals surface area contributed by atoms with Crippen molar-refractivity contribution in [2.45, 2.75) is 37.6 Å². The van der Waals surface area contributed by atoms with Crippen LogP contribution in [-0.4, -0.2) is 23.7 Å². The monoisotopic (exact) mass is 247 g/mol. The van der Waals surface area contributed by atoms with Crippen molar-refractivity contribution in [3.05, 3.63) is 0 Å². The molecule has 0 aromatic rings. The molecule has 0 aliphatic heterocycles. The molecule has 2 nitrogen and oxygen atoms in total. The molecule has 1 rings (SSSR count). The molecule has 3 heteroatoms. The number of halogens is 1. The Morgan fingerprint density at radius 1 is 1.46 bits per heavy atom. The Morgan fingerprint density at radius 3 is 2.54 bits per heavy atom. The molecule has 1 saturated carbocycles. The van der Waals surface area contributed by atoms with Gasteiger partial charge in [0.2, 0.25) is 0 Å². The third-order valence-electron chi connectivity index (χ3n) is 3.18. The molecule has 0 heterocycles. The quantitative estimate of drug-likeness (QED) is 0.757. The summed E-state index contributed by atoms with van der Waals surface area (Å²) < 4.78 is 0. The van der Waals surface area contributed by atoms with E-state index in [1.807, 2.05) is 7.05 Å². The van der Waals surface area contributed by atoms with E-state index in [4.69, 9.17) is 0 Å². The molecule has 0 aromatic heterocycles. The molecule has 1 N–H and O–H groups in total. The Hall–Kier alpha value is 0.110. The summed E-state index contributed by atoms with van der Waals surface area (Å²) in [4.78, 5) is 11.9. The highest BCUT2D eigenvalue weighted by Gasteiger charge is 2.36. The Bertz CT molecular complexity index is 195. The lowest BCUT2D eigenvalue weighted by Gasteiger charge is -2.38. The predicted molar refractivity (Wildman–Crippen MR) is 58.1 cm³/mol. The number of Topliss-reactive ketones (excluding diaryl/α,β-unsaturated/α-hetero) is 1. The zero-order chi connectivity index (χ0) is 10.0. The van der Waals surface area contributed by atoms with Crippen LogP contribution in [0.5, 0.6) is 0 Å². The molecule has 0 radical (unpaired) electrons. The van der Waals surface area contributed by atoms with Crippen LogP contribution in [0.3, 0.4) is 0 Å². The van der Waals surface area contributed by atoms with Crippen LogP contribution < -0.4 is 5.32 Å². The molecule has 4 atom stereocenters. The zero-order valence-electron chi connectivity index (χ0n) is 8.51. The van der Waals surface area contributed by atoms with Gasteiger partial charge in [0.25, 0.3) is 0 Å². The van der Waals surface area contributed by atoms with Gasteiger partial charge in [0.15, 0.2) is 0 Å². The molecule has 1 aliphatic carbocycles. The van der Waals surface area contributed by atoms with Crippen molar-refractivity contribution in [1.82, 2.24) is 5.32 Å². The molecule has 1 aliphatic rings. The standard InChI is InChI=1S/C10H18BrNO/c1-6-9(11)5-4-8(7(2)13)10(6)12-3/h6,8-10,12H,4-5H2,1-3H3. The summed E-state index contributed by atoms with van der Waals surface area (Å²) in [6.07, 6.45) is 2.13. The number of nitrogens with one attached hydrogen (secondary N) is 1. The summed E-state index contributed by atoms with van der Waals surface area (Å²) in [5.74, 6) is 1.08. The van der Waals surface area contributed by atoms with Crippen molar-refractivity contribution in [2.24, 2.45) is 11.8 Å². The van der Waals surface area contributed by atoms with Gasteiger partial charge in [-0.15, -0.1) is 0 Å². The molecule has 76 valence electrons. The number of rotatable bonds is 2. The number of carbonyl (C=O) groups is 1. The third kappa shape index (κ3) is 2.32. The summed E-state index contributed by atoms with van der Waals surface area (Å²) in [7, 11) is 1.95. The van der Waals surface area contributed by atoms with E-state index < -0.39 is 0 Å². The van der Waals surface area contributed by atoms with Crippen LogP contribution in [0.4, 0.5) is 0 Å². The van der Waals surface area contributed by atoms with Crippen LogP contribution >= 0.6 is 15.9 Å². The molecular formula is C10H18BrNO. The maximum Gasteiger partial charge on any atom is 0.134 e. The van der Waals surface area contributed by atoms with Crippen LogP contribution in [-0.2, 0) is 4.79 Å². The fourth-order valence-electron chi connectivity index (χ4n) is 2.29. The Balaban J connectivity index is 2.71. The zero-order valence-corrected chi connectivity index (χ0v) is 10.1. The highest BCUT2D eigenvalue weighted by atomic mass is 79.9. The molecule has 0 saturated heterocycles. The minimum atomic E-state index is 0.216. The minimum Gasteiger partial charge on any atom is -0.316 e. The highest BCUT2D eigenvalue weighted by Crippen LogP contribution is 2.34. The summed E-state index contributed by atoms with van der Waals surface area (Å²) in [6.45, 7) is 3.91. The van der Waals surface area contributed by atoms with Crippen molar-refractivity contribution < 1.29 is 4.79 Å². The summed E-state index contributed by atoms with van der Waals surface area (Å²) in [5, 5.41) is 3.26. The largest absolute Gasteiger partial charge is 0.316 e. The SMILES string of the molecule is CNC1C(C(C)=O)CCC(Br)C1C. The van der Waals surface area contributed by atoms with E-state index >= 15 is 0 Å². The molecule has 0 aromatic carbocycles. The summed E-state index contributed by atoms with van der Waals surface area (Å²) in [5.41, 5.74) is 0. The number of carbonyl (C=O) groups excluding carboxylic acids is 1. The maximum atomic E-state index is 11.4. The van der Waals surface area contributed by atoms with E-state index in [1.54, 1.807) is 6.92 Å². The molecule has 4 unspecified atom stereocenters. The Labute approximate surface area is 88.6 Å². The van der Waals surface area contributed by atoms with Gasteiger partial charge in [0.1, 0.15) is 5.78 Å². The van der Waals surface area contributed by atoms with Gasteiger partial charge in [-0.2, -0.15) is 0 Å². The van der Waals surface area contributed by atoms with Gasteiger partial charge < -0.3 is 5.32 Å². The first kappa shape index (κ1) is 11.2. The number of alkyl halides is 1. The maximum absolute atomic E-state index is 11.4. The lowest BCUT2D eigenvalue weighted by molar-refractivity contribution is -0.122. The van der Waals surface area contributed by atoms with Gasteiger partial charge in [-0.3, -0.25) is 4.79 Å². The number of hydrogen-bond donors (Lipinski definition) is 1. The van der Waals surface area contributed by atoms with Gasteiger partial charge in [-0.05, 0) is 32.7 Å². The minimum absolute atomic E-state index is 0.216. The van der Waals surface area contributed by atoms with Crippen molar-refractivity contribution >= 4 is 21.7 Å². The van der Waals surface area contributed by atoms with E-state index in [-0.39, 0.29) is 5.92 Å². The molecule has 0 bridgehead atoms. The summed E-state index contributed by atoms with van der Waals surface area (Å²) >= 11 is 3.66. The van der Waals surface area contributed by atoms with E-state index in [1.165, 1.54) is 0 Å². The second-order valence-electron chi connectivity index (χ2n) is 3.98. The van der Waals surface area contributed by atoms with Crippen molar-refractivity contribution in [3.63, 3.8) is 0 Å². The third-order valence-corrected chi connectivity index (χ3v) is 4.47. The van der Waals surface area contributed by atoms with Crippen LogP contribution in [0.25, 0.3) is 0 Å². The van der Waals surface area contributed by atoms with Crippen LogP contribution in [0.2, 0.25) is 0 Å². The highest BCUT2D eigenvalue weighted by molar-refractivity contribution is 9.09. The fraction of sp³-hybridized carbons (Fsp3) is 0.900. The Morgan fingerprint density at radius 2 is 2.08 bits per heavy atom. The first-order valence-corrected chi connectivity index (χ1v) is 5.81. The van der Waals surface area contributed by atoms with Gasteiger partial charge in [-0.1, -0.05) is 22.9 Å². The van der Waals surface area contributed by atoms with Crippen LogP contribution in [0.15, 0.2) is 0 Å². The van der Waals surface area contributed by atoms with Gasteiger partial charge in [-0.25, -0.2) is 0 Å². The van der Waals surface area contributed by atoms with Crippen molar-refractivity contribution in [3.8, 4) is 0 Å². The second-order valence-corrected chi connectivity index (χ2v) is 5.16. The van der Waals surface area contributed by atoms with Gasteiger partial charge >= 0.3 is 0 Å². The van der Waals surface area contributed by atoms with E-state index in [2.05, 4.69) is 28.2 Å². The van der Waals surface area contributed by atoms with Crippen LogP contribution in [0.1, 0.15) is 26.7 Å². The lowest BCUT2D eigenvalue weighted by Crippen LogP contribution is -2.48. The average Bonchev–Trinajstić information content (AvgIpc) is 2.09. The second kappa shape index (κ2) is 4.56. The van der Waals surface area contributed by atoms with Crippen molar-refractivity contribution in [2.75, 3.05) is 7.05 Å². The topological polar surface area (TPSA) is 29.1 Å². The fourth-order valence-corrected chi connectivity index (χ4v) is 2.89. The normalized spacial score (nSPS) is 40.3. The van der Waals surface area contributed by atoms with E-state index in [9.17, 15) is 4.79 Å².